The van der Waals surface area contributed by atoms with E-state index in [2.05, 4.69) is 0 Å². The first kappa shape index (κ1) is 9.46. The van der Waals surface area contributed by atoms with Gasteiger partial charge in [0, 0.05) is 13.2 Å². The summed E-state index contributed by atoms with van der Waals surface area (Å²) in [5.74, 6) is 0. The van der Waals surface area contributed by atoms with E-state index in [0.29, 0.717) is 26.1 Å². The average molecular weight is 204 g/mol. The summed E-state index contributed by atoms with van der Waals surface area (Å²) in [4.78, 5) is 0. The molecule has 0 spiro atoms. The van der Waals surface area contributed by atoms with Crippen LogP contribution in [0.3, 0.4) is 0 Å². The molecule has 0 N–H and O–H groups in total. The summed E-state index contributed by atoms with van der Waals surface area (Å²) in [6.45, 7) is 3.09. The van der Waals surface area contributed by atoms with E-state index >= 15 is 0 Å². The van der Waals surface area contributed by atoms with Gasteiger partial charge in [0.1, 0.15) is 0 Å². The molecular formula is C9H16O3S. The Labute approximate surface area is 79.4 Å². The van der Waals surface area contributed by atoms with Gasteiger partial charge in [0.2, 0.25) is 0 Å². The maximum Gasteiger partial charge on any atom is 0.158 e. The molecule has 0 amide bonds. The summed E-state index contributed by atoms with van der Waals surface area (Å²) >= 11 is 0. The third-order valence-corrected chi connectivity index (χ3v) is 6.38. The molecule has 0 bridgehead atoms. The number of ether oxygens (including phenoxy) is 1. The molecule has 76 valence electrons. The second-order valence-electron chi connectivity index (χ2n) is 4.31. The van der Waals surface area contributed by atoms with E-state index in [4.69, 9.17) is 4.74 Å². The van der Waals surface area contributed by atoms with Gasteiger partial charge in [-0.2, -0.15) is 0 Å². The van der Waals surface area contributed by atoms with Crippen LogP contribution < -0.4 is 0 Å². The largest absolute Gasteiger partial charge is 0.381 e. The van der Waals surface area contributed by atoms with Crippen LogP contribution in [0.25, 0.3) is 0 Å². The zero-order valence-corrected chi connectivity index (χ0v) is 8.77. The van der Waals surface area contributed by atoms with Crippen LogP contribution in [0.4, 0.5) is 0 Å². The molecule has 1 heterocycles. The van der Waals surface area contributed by atoms with Crippen LogP contribution in [0, 0.1) is 0 Å². The highest BCUT2D eigenvalue weighted by atomic mass is 32.2. The number of hydrogen-bond acceptors (Lipinski definition) is 3. The van der Waals surface area contributed by atoms with Gasteiger partial charge >= 0.3 is 0 Å². The van der Waals surface area contributed by atoms with Gasteiger partial charge < -0.3 is 4.74 Å². The Kier molecular flexibility index (Phi) is 2.15. The van der Waals surface area contributed by atoms with E-state index < -0.39 is 9.84 Å². The van der Waals surface area contributed by atoms with E-state index in [0.717, 1.165) is 12.8 Å². The quantitative estimate of drug-likeness (QED) is 0.677. The van der Waals surface area contributed by atoms with Crippen LogP contribution in [0.2, 0.25) is 0 Å². The Morgan fingerprint density at radius 1 is 1.23 bits per heavy atom. The summed E-state index contributed by atoms with van der Waals surface area (Å²) in [5.41, 5.74) is 0. The van der Waals surface area contributed by atoms with Gasteiger partial charge in [0.25, 0.3) is 0 Å². The molecule has 1 aliphatic heterocycles. The van der Waals surface area contributed by atoms with Crippen LogP contribution >= 0.6 is 0 Å². The minimum Gasteiger partial charge on any atom is -0.381 e. The van der Waals surface area contributed by atoms with Crippen molar-refractivity contribution in [3.05, 3.63) is 0 Å². The second-order valence-corrected chi connectivity index (χ2v) is 7.05. The van der Waals surface area contributed by atoms with E-state index in [1.165, 1.54) is 0 Å². The fraction of sp³-hybridized carbons (Fsp3) is 1.00. The Morgan fingerprint density at radius 3 is 2.23 bits per heavy atom. The van der Waals surface area contributed by atoms with Crippen molar-refractivity contribution < 1.29 is 13.2 Å². The highest BCUT2D eigenvalue weighted by Crippen LogP contribution is 2.46. The molecule has 1 saturated heterocycles. The predicted molar refractivity (Wildman–Crippen MR) is 50.4 cm³/mol. The SMILES string of the molecule is CC1(S(=O)(=O)C2CCOCC2)CC1. The van der Waals surface area contributed by atoms with E-state index in [-0.39, 0.29) is 10.00 Å². The lowest BCUT2D eigenvalue weighted by Gasteiger charge is -2.25. The van der Waals surface area contributed by atoms with Crippen LogP contribution in [0.5, 0.6) is 0 Å². The van der Waals surface area contributed by atoms with E-state index in [9.17, 15) is 8.42 Å². The highest BCUT2D eigenvalue weighted by molar-refractivity contribution is 7.93. The number of sulfone groups is 1. The molecule has 0 radical (unpaired) electrons. The van der Waals surface area contributed by atoms with Crippen molar-refractivity contribution in [2.24, 2.45) is 0 Å². The molecule has 0 atom stereocenters. The van der Waals surface area contributed by atoms with Crippen LogP contribution in [0.1, 0.15) is 32.6 Å². The topological polar surface area (TPSA) is 43.4 Å². The molecule has 1 saturated carbocycles. The molecular weight excluding hydrogens is 188 g/mol. The standard InChI is InChI=1S/C9H16O3S/c1-9(4-5-9)13(10,11)8-2-6-12-7-3-8/h8H,2-7H2,1H3. The zero-order chi connectivity index (χ0) is 9.53. The Balaban J connectivity index is 2.14. The summed E-state index contributed by atoms with van der Waals surface area (Å²) in [6, 6.07) is 0. The average Bonchev–Trinajstić information content (AvgIpc) is 2.87. The molecule has 4 heteroatoms. The Hall–Kier alpha value is -0.0900. The van der Waals surface area contributed by atoms with Gasteiger partial charge in [0.05, 0.1) is 10.00 Å². The van der Waals surface area contributed by atoms with E-state index in [1.54, 1.807) is 0 Å². The molecule has 2 aliphatic rings. The number of rotatable bonds is 2. The van der Waals surface area contributed by atoms with Crippen molar-refractivity contribution in [2.45, 2.75) is 42.6 Å². The minimum absolute atomic E-state index is 0.131. The van der Waals surface area contributed by atoms with Crippen molar-refractivity contribution in [2.75, 3.05) is 13.2 Å². The summed E-state index contributed by atoms with van der Waals surface area (Å²) < 4.78 is 28.8. The fourth-order valence-corrected chi connectivity index (χ4v) is 4.14. The van der Waals surface area contributed by atoms with Crippen molar-refractivity contribution in [1.29, 1.82) is 0 Å². The molecule has 2 fully saturated rings. The molecule has 3 nitrogen and oxygen atoms in total. The summed E-state index contributed by atoms with van der Waals surface area (Å²) in [6.07, 6.45) is 3.09. The third kappa shape index (κ3) is 1.50. The van der Waals surface area contributed by atoms with Crippen molar-refractivity contribution >= 4 is 9.84 Å². The normalized spacial score (nSPS) is 28.7. The van der Waals surface area contributed by atoms with Gasteiger partial charge in [-0.15, -0.1) is 0 Å². The van der Waals surface area contributed by atoms with Crippen molar-refractivity contribution in [3.8, 4) is 0 Å². The zero-order valence-electron chi connectivity index (χ0n) is 7.95. The first-order valence-corrected chi connectivity index (χ1v) is 6.42. The van der Waals surface area contributed by atoms with Crippen LogP contribution in [0.15, 0.2) is 0 Å². The first-order chi connectivity index (χ1) is 6.06. The molecule has 13 heavy (non-hydrogen) atoms. The Morgan fingerprint density at radius 2 is 1.77 bits per heavy atom. The predicted octanol–water partition coefficient (Wildman–Crippen LogP) is 1.13. The van der Waals surface area contributed by atoms with Crippen LogP contribution in [-0.2, 0) is 14.6 Å². The molecule has 0 aromatic carbocycles. The number of hydrogen-bond donors (Lipinski definition) is 0. The van der Waals surface area contributed by atoms with Gasteiger partial charge in [-0.05, 0) is 32.6 Å². The maximum atomic E-state index is 12.0. The molecule has 0 unspecified atom stereocenters. The minimum atomic E-state index is -2.87. The van der Waals surface area contributed by atoms with Crippen molar-refractivity contribution in [3.63, 3.8) is 0 Å². The summed E-state index contributed by atoms with van der Waals surface area (Å²) in [7, 11) is -2.87. The lowest BCUT2D eigenvalue weighted by molar-refractivity contribution is 0.0981. The van der Waals surface area contributed by atoms with E-state index in [1.807, 2.05) is 6.92 Å². The monoisotopic (exact) mass is 204 g/mol. The Bertz CT molecular complexity index is 284. The second kappa shape index (κ2) is 2.95. The van der Waals surface area contributed by atoms with Crippen molar-refractivity contribution in [1.82, 2.24) is 0 Å². The highest BCUT2D eigenvalue weighted by Gasteiger charge is 2.52. The molecule has 0 aromatic rings. The smallest absolute Gasteiger partial charge is 0.158 e. The lowest BCUT2D eigenvalue weighted by atomic mass is 10.2. The molecule has 1 aliphatic carbocycles. The third-order valence-electron chi connectivity index (χ3n) is 3.25. The van der Waals surface area contributed by atoms with Gasteiger partial charge in [0.15, 0.2) is 9.84 Å². The first-order valence-electron chi connectivity index (χ1n) is 4.87. The van der Waals surface area contributed by atoms with Crippen LogP contribution in [-0.4, -0.2) is 31.6 Å². The lowest BCUT2D eigenvalue weighted by Crippen LogP contribution is -2.36. The van der Waals surface area contributed by atoms with Gasteiger partial charge in [-0.3, -0.25) is 0 Å². The fourth-order valence-electron chi connectivity index (χ4n) is 1.85. The maximum absolute atomic E-state index is 12.0. The van der Waals surface area contributed by atoms with Gasteiger partial charge in [-0.25, -0.2) is 8.42 Å². The summed E-state index contributed by atoms with van der Waals surface area (Å²) in [5, 5.41) is -0.131. The molecule has 2 rings (SSSR count). The van der Waals surface area contributed by atoms with Gasteiger partial charge in [-0.1, -0.05) is 0 Å². The molecule has 0 aromatic heterocycles.